The summed E-state index contributed by atoms with van der Waals surface area (Å²) < 4.78 is 29.2. The lowest BCUT2D eigenvalue weighted by Gasteiger charge is -2.23. The Bertz CT molecular complexity index is 3300. The molecule has 2 N–H and O–H groups in total. The van der Waals surface area contributed by atoms with Crippen molar-refractivity contribution in [2.75, 3.05) is 46.4 Å². The Hall–Kier alpha value is -8.39. The number of benzene rings is 4. The standard InChI is InChI=1S/C61H64BrN7O12/c1-35(2)57(66-55(71)11-8-7-9-20-67-56(72)28-47(62)61(67)76)50(70)23-36(3)58(73)65-41-16-12-37(13-17-41)39-24-42-31-63-48-29-53(51(78-5)26-45(48)59(74)68(42)33-39)80-21-10-22-81-54-30-49-46(27-52(54)79-6)60(75)69-34-40(25-43(69)32-64-49)38-14-18-44(77-4)19-15-38/h12-19,26-36,42-43,57H,7-11,20-25H2,1-6H3,(H,65,73)(H,66,71)/t36-,42-,43-,57+/m0/s1. The first kappa shape index (κ1) is 57.3. The molecule has 5 aliphatic rings. The summed E-state index contributed by atoms with van der Waals surface area (Å²) in [6.45, 7) is 6.11. The van der Waals surface area contributed by atoms with Gasteiger partial charge in [0.15, 0.2) is 28.8 Å². The lowest BCUT2D eigenvalue weighted by atomic mass is 9.92. The van der Waals surface area contributed by atoms with E-state index in [9.17, 15) is 33.6 Å². The number of rotatable bonds is 24. The van der Waals surface area contributed by atoms with E-state index in [4.69, 9.17) is 33.7 Å². The summed E-state index contributed by atoms with van der Waals surface area (Å²) in [5.41, 5.74) is 6.02. The predicted molar refractivity (Wildman–Crippen MR) is 309 cm³/mol. The van der Waals surface area contributed by atoms with Crippen molar-refractivity contribution in [3.05, 3.63) is 118 Å². The van der Waals surface area contributed by atoms with Gasteiger partial charge >= 0.3 is 0 Å². The molecule has 5 heterocycles. The molecular weight excluding hydrogens is 1100 g/mol. The zero-order valence-corrected chi connectivity index (χ0v) is 47.6. The van der Waals surface area contributed by atoms with E-state index in [2.05, 4.69) is 26.6 Å². The molecule has 0 radical (unpaired) electrons. The van der Waals surface area contributed by atoms with Gasteiger partial charge in [-0.1, -0.05) is 51.5 Å². The molecular formula is C61H64BrN7O12. The van der Waals surface area contributed by atoms with Crippen LogP contribution in [0.25, 0.3) is 11.1 Å². The first-order valence-corrected chi connectivity index (χ1v) is 27.8. The summed E-state index contributed by atoms with van der Waals surface area (Å²) in [7, 11) is 4.65. The fourth-order valence-corrected chi connectivity index (χ4v) is 10.6. The molecule has 0 aliphatic carbocycles. The van der Waals surface area contributed by atoms with Crippen molar-refractivity contribution in [1.82, 2.24) is 20.0 Å². The summed E-state index contributed by atoms with van der Waals surface area (Å²) in [6.07, 6.45) is 11.9. The number of amides is 6. The number of hydrogen-bond acceptors (Lipinski definition) is 14. The fraction of sp³-hybridized carbons (Fsp3) is 0.361. The number of ether oxygens (including phenoxy) is 5. The minimum Gasteiger partial charge on any atom is -0.497 e. The number of unbranched alkanes of at least 4 members (excludes halogenated alkanes) is 2. The molecule has 4 atom stereocenters. The Labute approximate surface area is 478 Å². The molecule has 0 fully saturated rings. The van der Waals surface area contributed by atoms with E-state index >= 15 is 0 Å². The van der Waals surface area contributed by atoms with Crippen LogP contribution in [0, 0.1) is 11.8 Å². The molecule has 0 saturated heterocycles. The van der Waals surface area contributed by atoms with Crippen molar-refractivity contribution in [2.45, 2.75) is 90.3 Å². The first-order chi connectivity index (χ1) is 39.0. The third kappa shape index (κ3) is 13.0. The van der Waals surface area contributed by atoms with Crippen LogP contribution in [0.5, 0.6) is 28.7 Å². The molecule has 0 bridgehead atoms. The zero-order valence-electron chi connectivity index (χ0n) is 46.0. The number of anilines is 1. The van der Waals surface area contributed by atoms with Crippen LogP contribution in [0.15, 0.2) is 106 Å². The summed E-state index contributed by atoms with van der Waals surface area (Å²) in [5, 5.41) is 5.74. The number of carbonyl (C=O) groups is 7. The van der Waals surface area contributed by atoms with Crippen LogP contribution in [0.1, 0.15) is 104 Å². The van der Waals surface area contributed by atoms with Gasteiger partial charge in [-0.25, -0.2) is 0 Å². The lowest BCUT2D eigenvalue weighted by molar-refractivity contribution is -0.137. The topological polar surface area (TPSA) is 224 Å². The summed E-state index contributed by atoms with van der Waals surface area (Å²) in [6, 6.07) is 20.4. The van der Waals surface area contributed by atoms with Crippen LogP contribution in [0.4, 0.5) is 17.1 Å². The molecule has 4 aromatic carbocycles. The second-order valence-corrected chi connectivity index (χ2v) is 21.5. The molecule has 20 heteroatoms. The average molecular weight is 1170 g/mol. The van der Waals surface area contributed by atoms with Gasteiger partial charge in [-0.3, -0.25) is 48.4 Å². The van der Waals surface area contributed by atoms with Gasteiger partial charge in [-0.05, 0) is 93.4 Å². The minimum atomic E-state index is -0.766. The molecule has 0 aromatic heterocycles. The first-order valence-electron chi connectivity index (χ1n) is 27.0. The summed E-state index contributed by atoms with van der Waals surface area (Å²) in [4.78, 5) is 106. The number of methoxy groups -OCH3 is 3. The molecule has 81 heavy (non-hydrogen) atoms. The molecule has 0 spiro atoms. The smallest absolute Gasteiger partial charge is 0.267 e. The highest BCUT2D eigenvalue weighted by atomic mass is 79.9. The normalized spacial score (nSPS) is 17.7. The summed E-state index contributed by atoms with van der Waals surface area (Å²) >= 11 is 3.08. The van der Waals surface area contributed by atoms with Crippen molar-refractivity contribution in [3.8, 4) is 28.7 Å². The van der Waals surface area contributed by atoms with Crippen molar-refractivity contribution >= 4 is 97.8 Å². The zero-order chi connectivity index (χ0) is 57.5. The number of aliphatic imine (C=N–C) groups is 2. The minimum absolute atomic E-state index is 0.0726. The predicted octanol–water partition coefficient (Wildman–Crippen LogP) is 9.39. The highest BCUT2D eigenvalue weighted by Gasteiger charge is 2.36. The van der Waals surface area contributed by atoms with E-state index in [1.807, 2.05) is 62.6 Å². The van der Waals surface area contributed by atoms with E-state index in [0.29, 0.717) is 89.7 Å². The van der Waals surface area contributed by atoms with E-state index in [0.717, 1.165) is 32.9 Å². The Morgan fingerprint density at radius 3 is 1.70 bits per heavy atom. The molecule has 19 nitrogen and oxygen atoms in total. The largest absolute Gasteiger partial charge is 0.497 e. The number of Topliss-reactive ketones (excluding diaryl/α,β-unsaturated/α-hetero) is 1. The number of fused-ring (bicyclic) bond motifs is 4. The van der Waals surface area contributed by atoms with Crippen molar-refractivity contribution in [1.29, 1.82) is 0 Å². The van der Waals surface area contributed by atoms with Gasteiger partial charge in [0.05, 0.1) is 79.7 Å². The number of nitrogens with zero attached hydrogens (tertiary/aromatic N) is 5. The Kier molecular flexibility index (Phi) is 18.0. The lowest BCUT2D eigenvalue weighted by Crippen LogP contribution is -2.45. The molecule has 9 rings (SSSR count). The highest BCUT2D eigenvalue weighted by molar-refractivity contribution is 9.12. The number of ketones is 1. The quantitative estimate of drug-likeness (QED) is 0.0495. The fourth-order valence-electron chi connectivity index (χ4n) is 10.2. The van der Waals surface area contributed by atoms with Crippen LogP contribution >= 0.6 is 15.9 Å². The van der Waals surface area contributed by atoms with E-state index < -0.39 is 12.0 Å². The summed E-state index contributed by atoms with van der Waals surface area (Å²) in [5.74, 6) is -0.544. The van der Waals surface area contributed by atoms with Gasteiger partial charge in [0.25, 0.3) is 23.6 Å². The van der Waals surface area contributed by atoms with Crippen molar-refractivity contribution < 1.29 is 57.2 Å². The molecule has 4 aromatic rings. The molecule has 422 valence electrons. The maximum absolute atomic E-state index is 14.1. The van der Waals surface area contributed by atoms with E-state index in [-0.39, 0.29) is 96.3 Å². The van der Waals surface area contributed by atoms with E-state index in [1.54, 1.807) is 72.7 Å². The number of halogens is 1. The van der Waals surface area contributed by atoms with Crippen molar-refractivity contribution in [3.63, 3.8) is 0 Å². The van der Waals surface area contributed by atoms with Gasteiger partial charge < -0.3 is 44.1 Å². The van der Waals surface area contributed by atoms with Gasteiger partial charge in [0, 0.05) is 93.3 Å². The Morgan fingerprint density at radius 2 is 1.21 bits per heavy atom. The van der Waals surface area contributed by atoms with Crippen LogP contribution in [-0.2, 0) is 24.0 Å². The Balaban J connectivity index is 0.736. The van der Waals surface area contributed by atoms with E-state index in [1.165, 1.54) is 20.3 Å². The van der Waals surface area contributed by atoms with Gasteiger partial charge in [-0.15, -0.1) is 0 Å². The molecule has 6 amide bonds. The number of carbonyl (C=O) groups excluding carboxylic acids is 7. The van der Waals surface area contributed by atoms with Crippen LogP contribution in [0.3, 0.4) is 0 Å². The van der Waals surface area contributed by atoms with Gasteiger partial charge in [-0.2, -0.15) is 0 Å². The maximum atomic E-state index is 14.1. The van der Waals surface area contributed by atoms with Gasteiger partial charge in [0.1, 0.15) is 5.75 Å². The third-order valence-corrected chi connectivity index (χ3v) is 15.3. The average Bonchev–Trinajstić information content (AvgIpc) is 4.23. The number of imide groups is 1. The SMILES string of the molecule is COc1ccc(C2=CN3C(=O)c4cc(OC)c(OCCCOc5cc6c(cc5OC)C(=O)N5C=C(c7ccc(NC(=O)[C@@H](C)CC(=O)[C@H](NC(=O)CCCCCN8C(=O)C=C(Br)C8=O)C(C)C)cc7)C[C@H]5C=N6)cc4N=C[C@@H]3C2)cc1. The second-order valence-electron chi connectivity index (χ2n) is 20.7. The van der Waals surface area contributed by atoms with Gasteiger partial charge in [0.2, 0.25) is 11.8 Å². The maximum Gasteiger partial charge on any atom is 0.267 e. The third-order valence-electron chi connectivity index (χ3n) is 14.8. The number of hydrogen-bond donors (Lipinski definition) is 2. The van der Waals surface area contributed by atoms with Crippen LogP contribution < -0.4 is 34.3 Å². The number of nitrogens with one attached hydrogen (secondary N) is 2. The Morgan fingerprint density at radius 1 is 0.667 bits per heavy atom. The highest BCUT2D eigenvalue weighted by Crippen LogP contribution is 2.42. The monoisotopic (exact) mass is 1170 g/mol. The molecule has 5 aliphatic heterocycles. The molecule has 0 saturated carbocycles. The van der Waals surface area contributed by atoms with Crippen LogP contribution in [-0.4, -0.2) is 128 Å². The van der Waals surface area contributed by atoms with Crippen LogP contribution in [0.2, 0.25) is 0 Å². The second kappa shape index (κ2) is 25.4. The van der Waals surface area contributed by atoms with Crippen molar-refractivity contribution in [2.24, 2.45) is 21.8 Å². The molecule has 0 unspecified atom stereocenters.